The topological polar surface area (TPSA) is 49.4 Å². The molecule has 2 aromatic carbocycles. The van der Waals surface area contributed by atoms with Crippen molar-refractivity contribution in [2.24, 2.45) is 0 Å². The molecular formula is C20H22N2O2. The van der Waals surface area contributed by atoms with E-state index in [0.29, 0.717) is 12.2 Å². The third kappa shape index (κ3) is 3.48. The molecular weight excluding hydrogens is 300 g/mol. The van der Waals surface area contributed by atoms with E-state index in [2.05, 4.69) is 37.4 Å². The molecule has 124 valence electrons. The van der Waals surface area contributed by atoms with Crippen molar-refractivity contribution in [2.75, 3.05) is 11.9 Å². The number of hydrogen-bond acceptors (Lipinski definition) is 2. The van der Waals surface area contributed by atoms with Crippen LogP contribution in [0.2, 0.25) is 0 Å². The highest BCUT2D eigenvalue weighted by Gasteiger charge is 2.33. The van der Waals surface area contributed by atoms with Crippen LogP contribution in [-0.4, -0.2) is 23.3 Å². The molecule has 2 amide bonds. The summed E-state index contributed by atoms with van der Waals surface area (Å²) in [5, 5.41) is 2.68. The Kier molecular flexibility index (Phi) is 4.65. The molecule has 24 heavy (non-hydrogen) atoms. The van der Waals surface area contributed by atoms with Crippen LogP contribution in [0.25, 0.3) is 0 Å². The van der Waals surface area contributed by atoms with Crippen molar-refractivity contribution in [1.82, 2.24) is 4.90 Å². The van der Waals surface area contributed by atoms with Gasteiger partial charge >= 0.3 is 11.8 Å². The second kappa shape index (κ2) is 6.87. The molecule has 1 aliphatic heterocycles. The largest absolute Gasteiger partial charge is 0.327 e. The van der Waals surface area contributed by atoms with Crippen LogP contribution >= 0.6 is 0 Å². The van der Waals surface area contributed by atoms with Crippen LogP contribution in [0.15, 0.2) is 48.5 Å². The fourth-order valence-electron chi connectivity index (χ4n) is 3.40. The predicted octanol–water partition coefficient (Wildman–Crippen LogP) is 3.61. The number of nitrogens with one attached hydrogen (secondary N) is 1. The van der Waals surface area contributed by atoms with Gasteiger partial charge in [-0.2, -0.15) is 0 Å². The van der Waals surface area contributed by atoms with Crippen LogP contribution in [0.1, 0.15) is 35.6 Å². The number of rotatable bonds is 2. The summed E-state index contributed by atoms with van der Waals surface area (Å²) in [5.41, 5.74) is 4.11. The van der Waals surface area contributed by atoms with E-state index in [0.717, 1.165) is 18.4 Å². The first-order valence-corrected chi connectivity index (χ1v) is 8.30. The molecule has 1 saturated heterocycles. The summed E-state index contributed by atoms with van der Waals surface area (Å²) in [6, 6.07) is 15.4. The Morgan fingerprint density at radius 3 is 2.38 bits per heavy atom. The van der Waals surface area contributed by atoms with Crippen LogP contribution in [0.4, 0.5) is 5.69 Å². The minimum Gasteiger partial charge on any atom is -0.327 e. The first-order chi connectivity index (χ1) is 11.5. The summed E-state index contributed by atoms with van der Waals surface area (Å²) in [6.45, 7) is 4.73. The summed E-state index contributed by atoms with van der Waals surface area (Å²) in [4.78, 5) is 26.6. The van der Waals surface area contributed by atoms with Crippen molar-refractivity contribution in [1.29, 1.82) is 0 Å². The van der Waals surface area contributed by atoms with Crippen molar-refractivity contribution < 1.29 is 9.59 Å². The molecule has 0 saturated carbocycles. The zero-order valence-electron chi connectivity index (χ0n) is 14.1. The maximum Gasteiger partial charge on any atom is 0.313 e. The Morgan fingerprint density at radius 2 is 1.71 bits per heavy atom. The molecule has 1 N–H and O–H groups in total. The number of nitrogens with zero attached hydrogens (tertiary/aromatic N) is 1. The van der Waals surface area contributed by atoms with Crippen molar-refractivity contribution in [3.63, 3.8) is 0 Å². The van der Waals surface area contributed by atoms with E-state index < -0.39 is 11.8 Å². The van der Waals surface area contributed by atoms with E-state index >= 15 is 0 Å². The standard InChI is InChI=1S/C20H22N2O2/c1-14-11-15(2)13-16(12-14)18-9-6-10-22(18)20(24)19(23)21-17-7-4-3-5-8-17/h3-5,7-8,11-13,18H,6,9-10H2,1-2H3,(H,21,23). The number of benzene rings is 2. The first kappa shape index (κ1) is 16.2. The molecule has 0 aliphatic carbocycles. The van der Waals surface area contributed by atoms with E-state index in [1.807, 2.05) is 18.2 Å². The summed E-state index contributed by atoms with van der Waals surface area (Å²) in [5.74, 6) is -1.03. The summed E-state index contributed by atoms with van der Waals surface area (Å²) in [6.07, 6.45) is 1.81. The zero-order valence-corrected chi connectivity index (χ0v) is 14.1. The molecule has 3 rings (SSSR count). The second-order valence-electron chi connectivity index (χ2n) is 6.40. The lowest BCUT2D eigenvalue weighted by molar-refractivity contribution is -0.143. The van der Waals surface area contributed by atoms with Gasteiger partial charge in [0.1, 0.15) is 0 Å². The molecule has 1 unspecified atom stereocenters. The number of carbonyl (C=O) groups excluding carboxylic acids is 2. The van der Waals surface area contributed by atoms with E-state index in [4.69, 9.17) is 0 Å². The van der Waals surface area contributed by atoms with Gasteiger partial charge in [0.05, 0.1) is 6.04 Å². The van der Waals surface area contributed by atoms with E-state index in [1.165, 1.54) is 11.1 Å². The number of carbonyl (C=O) groups is 2. The van der Waals surface area contributed by atoms with Gasteiger partial charge in [0.15, 0.2) is 0 Å². The molecule has 4 heteroatoms. The third-order valence-electron chi connectivity index (χ3n) is 4.37. The van der Waals surface area contributed by atoms with Crippen LogP contribution in [-0.2, 0) is 9.59 Å². The maximum absolute atomic E-state index is 12.6. The summed E-state index contributed by atoms with van der Waals surface area (Å²) in [7, 11) is 0. The highest BCUT2D eigenvalue weighted by Crippen LogP contribution is 2.33. The lowest BCUT2D eigenvalue weighted by atomic mass is 9.99. The fraction of sp³-hybridized carbons (Fsp3) is 0.300. The van der Waals surface area contributed by atoms with Gasteiger partial charge in [-0.3, -0.25) is 9.59 Å². The molecule has 0 bridgehead atoms. The second-order valence-corrected chi connectivity index (χ2v) is 6.40. The summed E-state index contributed by atoms with van der Waals surface area (Å²) >= 11 is 0. The molecule has 1 atom stereocenters. The molecule has 1 fully saturated rings. The monoisotopic (exact) mass is 322 g/mol. The van der Waals surface area contributed by atoms with Crippen molar-refractivity contribution in [3.05, 3.63) is 65.2 Å². The van der Waals surface area contributed by atoms with Crippen LogP contribution in [0, 0.1) is 13.8 Å². The van der Waals surface area contributed by atoms with Crippen molar-refractivity contribution >= 4 is 17.5 Å². The van der Waals surface area contributed by atoms with Gasteiger partial charge in [-0.25, -0.2) is 0 Å². The predicted molar refractivity (Wildman–Crippen MR) is 94.7 cm³/mol. The number of para-hydroxylation sites is 1. The van der Waals surface area contributed by atoms with E-state index in [1.54, 1.807) is 17.0 Å². The Labute approximate surface area is 142 Å². The fourth-order valence-corrected chi connectivity index (χ4v) is 3.40. The lowest BCUT2D eigenvalue weighted by Crippen LogP contribution is -2.39. The zero-order chi connectivity index (χ0) is 17.1. The first-order valence-electron chi connectivity index (χ1n) is 8.30. The van der Waals surface area contributed by atoms with Gasteiger partial charge in [0.2, 0.25) is 0 Å². The molecule has 0 aromatic heterocycles. The van der Waals surface area contributed by atoms with Crippen LogP contribution in [0.3, 0.4) is 0 Å². The van der Waals surface area contributed by atoms with Gasteiger partial charge in [-0.1, -0.05) is 47.5 Å². The minimum absolute atomic E-state index is 0.0161. The molecule has 2 aromatic rings. The average Bonchev–Trinajstić information content (AvgIpc) is 3.03. The van der Waals surface area contributed by atoms with Crippen LogP contribution < -0.4 is 5.32 Å². The van der Waals surface area contributed by atoms with Crippen molar-refractivity contribution in [3.8, 4) is 0 Å². The van der Waals surface area contributed by atoms with Gasteiger partial charge in [0, 0.05) is 12.2 Å². The lowest BCUT2D eigenvalue weighted by Gasteiger charge is -2.25. The van der Waals surface area contributed by atoms with E-state index in [9.17, 15) is 9.59 Å². The average molecular weight is 322 g/mol. The van der Waals surface area contributed by atoms with Gasteiger partial charge in [-0.15, -0.1) is 0 Å². The molecule has 0 spiro atoms. The molecule has 4 nitrogen and oxygen atoms in total. The smallest absolute Gasteiger partial charge is 0.313 e. The van der Waals surface area contributed by atoms with Crippen molar-refractivity contribution in [2.45, 2.75) is 32.7 Å². The molecule has 1 heterocycles. The van der Waals surface area contributed by atoms with Crippen LogP contribution in [0.5, 0.6) is 0 Å². The van der Waals surface area contributed by atoms with E-state index in [-0.39, 0.29) is 6.04 Å². The quantitative estimate of drug-likeness (QED) is 0.859. The molecule has 0 radical (unpaired) electrons. The van der Waals surface area contributed by atoms with Gasteiger partial charge in [0.25, 0.3) is 0 Å². The van der Waals surface area contributed by atoms with Gasteiger partial charge in [-0.05, 0) is 44.4 Å². The highest BCUT2D eigenvalue weighted by atomic mass is 16.2. The Morgan fingerprint density at radius 1 is 1.04 bits per heavy atom. The SMILES string of the molecule is Cc1cc(C)cc(C2CCCN2C(=O)C(=O)Nc2ccccc2)c1. The van der Waals surface area contributed by atoms with Gasteiger partial charge < -0.3 is 10.2 Å². The highest BCUT2D eigenvalue weighted by molar-refractivity contribution is 6.39. The molecule has 1 aliphatic rings. The Balaban J connectivity index is 1.77. The Bertz CT molecular complexity index is 735. The maximum atomic E-state index is 12.6. The minimum atomic E-state index is -0.572. The number of aryl methyl sites for hydroxylation is 2. The number of amides is 2. The number of anilines is 1. The number of hydrogen-bond donors (Lipinski definition) is 1. The normalized spacial score (nSPS) is 16.9. The third-order valence-corrected chi connectivity index (χ3v) is 4.37. The Hall–Kier alpha value is -2.62. The number of likely N-dealkylation sites (tertiary alicyclic amines) is 1. The summed E-state index contributed by atoms with van der Waals surface area (Å²) < 4.78 is 0.